The molecule has 708 valence electrons. The van der Waals surface area contributed by atoms with Crippen LogP contribution in [0.3, 0.4) is 0 Å². The van der Waals surface area contributed by atoms with Gasteiger partial charge in [-0.1, -0.05) is 256 Å². The Hall–Kier alpha value is -14.6. The van der Waals surface area contributed by atoms with Crippen molar-refractivity contribution in [3.63, 3.8) is 0 Å². The molecule has 19 nitrogen and oxygen atoms in total. The molecule has 0 radical (unpaired) electrons. The van der Waals surface area contributed by atoms with Gasteiger partial charge in [-0.2, -0.15) is 0 Å². The fraction of sp³-hybridized carbons (Fsp3) is 0.255. The van der Waals surface area contributed by atoms with Crippen molar-refractivity contribution in [3.8, 4) is 11.1 Å². The van der Waals surface area contributed by atoms with Crippen molar-refractivity contribution in [1.29, 1.82) is 0 Å². The predicted octanol–water partition coefficient (Wildman–Crippen LogP) is 31.0. The van der Waals surface area contributed by atoms with Crippen molar-refractivity contribution in [2.24, 2.45) is 17.8 Å². The Balaban J connectivity index is 0.000000261. The van der Waals surface area contributed by atoms with Crippen molar-refractivity contribution in [2.45, 2.75) is 157 Å². The molecule has 135 heavy (non-hydrogen) atoms. The minimum absolute atomic E-state index is 0.0145. The maximum absolute atomic E-state index is 13.6. The molecule has 1 saturated heterocycles. The van der Waals surface area contributed by atoms with Crippen LogP contribution < -0.4 is 0 Å². The van der Waals surface area contributed by atoms with Crippen molar-refractivity contribution in [1.82, 2.24) is 9.97 Å². The standard InChI is InChI=1S/C12H10F2.C12H11F.C12H8N2O4.C12H12.C8H8F2.C8H9F.C8H16.C8H10.C6H8N2.3C6H5NO2.C6H12O2/c1-7-3-4-10-9(5-7)6-11(13)8(2)12(10)14;1-8-3-6-11-10(7-8)5-4-9(2)12(11)13;15-13(16)11-5-1-9(2-6-11)10-3-7-12(8-4-10)14(17)18;1-9-3-5-12-8-10(2)4-6-11(12)7-9;1-5-3-7(9)6(2)8(10)4-5;1-6-3-4-7(2)8(9)5-6;2*1-7-3-5-8(2)6-4-7;1-5-3-7-6(2)8-4-5;3*8-7(9)6-4-2-1-3-5-6;1-5-3-7-6(2)8-4-5/h3-6H,1-2H3;3-7H,1-2H3;1-8H;3-8H,1-2H3;3-4H,1-2H3;3-5H,1-2H3;7-8H,3-6H2,1-2H3;3-6H,1-2H3;3-4H,1-2H3;3*1-5H;5-6H,3-4H2,1-2H3. The molecule has 1 aromatic heterocycles. The van der Waals surface area contributed by atoms with Gasteiger partial charge in [0.25, 0.3) is 28.4 Å². The van der Waals surface area contributed by atoms with Crippen LogP contribution in [0.1, 0.15) is 132 Å². The number of nitrogens with zero attached hydrogens (tertiary/aromatic N) is 7. The van der Waals surface area contributed by atoms with E-state index in [0.717, 1.165) is 69.6 Å². The van der Waals surface area contributed by atoms with Crippen LogP contribution in [-0.4, -0.2) is 54.1 Å². The lowest BCUT2D eigenvalue weighted by atomic mass is 9.84. The van der Waals surface area contributed by atoms with Gasteiger partial charge in [0.1, 0.15) is 40.7 Å². The van der Waals surface area contributed by atoms with Crippen LogP contribution in [0.4, 0.5) is 54.8 Å². The summed E-state index contributed by atoms with van der Waals surface area (Å²) in [5, 5.41) is 56.5. The first-order valence-electron chi connectivity index (χ1n) is 43.7. The van der Waals surface area contributed by atoms with Crippen LogP contribution in [0, 0.1) is 200 Å². The molecule has 1 saturated carbocycles. The van der Waals surface area contributed by atoms with Gasteiger partial charge in [0.15, 0.2) is 6.29 Å². The molecular formula is C110H119F6N7O12. The summed E-state index contributed by atoms with van der Waals surface area (Å²) in [4.78, 5) is 56.8. The molecule has 14 aromatic carbocycles. The molecule has 0 unspecified atom stereocenters. The molecule has 1 aliphatic carbocycles. The van der Waals surface area contributed by atoms with E-state index in [-0.39, 0.29) is 57.5 Å². The highest BCUT2D eigenvalue weighted by molar-refractivity contribution is 5.86. The van der Waals surface area contributed by atoms with Crippen molar-refractivity contribution in [2.75, 3.05) is 13.2 Å². The van der Waals surface area contributed by atoms with E-state index in [0.29, 0.717) is 38.8 Å². The van der Waals surface area contributed by atoms with Gasteiger partial charge in [-0.25, -0.2) is 36.3 Å². The molecule has 0 amide bonds. The predicted molar refractivity (Wildman–Crippen MR) is 531 cm³/mol. The molecule has 1 aliphatic heterocycles. The summed E-state index contributed by atoms with van der Waals surface area (Å²) in [6, 6.07) is 81.5. The minimum atomic E-state index is -0.486. The number of benzene rings is 14. The number of aryl methyl sites for hydroxylation is 12. The number of para-hydroxylation sites is 3. The van der Waals surface area contributed by atoms with Gasteiger partial charge in [-0.05, 0) is 225 Å². The van der Waals surface area contributed by atoms with E-state index in [4.69, 9.17) is 9.47 Å². The number of nitro benzene ring substituents is 5. The Bertz CT molecular complexity index is 5870. The van der Waals surface area contributed by atoms with Crippen molar-refractivity contribution in [3.05, 3.63) is 461 Å². The normalized spacial score (nSPS) is 13.4. The van der Waals surface area contributed by atoms with E-state index in [9.17, 15) is 76.9 Å². The van der Waals surface area contributed by atoms with Gasteiger partial charge in [0, 0.05) is 101 Å². The SMILES string of the molecule is CC1CCC(C)CC1.CC1COC(C)OC1.Cc1cc(F)c(C)c(F)c1.Cc1ccc(C)c(F)c1.Cc1ccc(C)cc1.Cc1ccc2c(F)c(C)c(F)cc2c1.Cc1ccc2c(F)c(C)ccc2c1.Cc1ccc2cc(C)ccc2c1.Cc1cnc(C)nc1.O=[N+]([O-])c1ccc(-c2ccc([N+](=O)[O-])cc2)cc1.O=[N+]([O-])c1ccccc1.O=[N+]([O-])c1ccccc1.O=[N+]([O-])c1ccccc1. The van der Waals surface area contributed by atoms with Crippen LogP contribution in [0.2, 0.25) is 0 Å². The average Bonchev–Trinajstić information content (AvgIpc) is 0.798. The summed E-state index contributed by atoms with van der Waals surface area (Å²) in [7, 11) is 0. The van der Waals surface area contributed by atoms with Crippen LogP contribution >= 0.6 is 0 Å². The summed E-state index contributed by atoms with van der Waals surface area (Å²) in [5.41, 5.74) is 13.7. The van der Waals surface area contributed by atoms with Crippen LogP contribution in [0.5, 0.6) is 0 Å². The molecule has 2 heterocycles. The number of rotatable bonds is 6. The molecule has 25 heteroatoms. The molecule has 0 N–H and O–H groups in total. The van der Waals surface area contributed by atoms with E-state index in [2.05, 4.69) is 119 Å². The van der Waals surface area contributed by atoms with Crippen molar-refractivity contribution >= 4 is 60.8 Å². The minimum Gasteiger partial charge on any atom is -0.353 e. The molecule has 0 atom stereocenters. The third-order valence-corrected chi connectivity index (χ3v) is 20.7. The highest BCUT2D eigenvalue weighted by atomic mass is 19.2. The summed E-state index contributed by atoms with van der Waals surface area (Å²) >= 11 is 0. The lowest BCUT2D eigenvalue weighted by Gasteiger charge is -2.24. The number of halogens is 6. The zero-order valence-electron chi connectivity index (χ0n) is 79.6. The van der Waals surface area contributed by atoms with Gasteiger partial charge in [-0.15, -0.1) is 0 Å². The average molecular weight is 1850 g/mol. The first-order chi connectivity index (χ1) is 64.0. The number of nitro groups is 5. The molecular weight excluding hydrogens is 1730 g/mol. The number of ether oxygens (including phenoxy) is 2. The van der Waals surface area contributed by atoms with Gasteiger partial charge in [0.05, 0.1) is 37.8 Å². The molecule has 15 aromatic rings. The highest BCUT2D eigenvalue weighted by Gasteiger charge is 2.16. The summed E-state index contributed by atoms with van der Waals surface area (Å²) in [6.45, 7) is 36.6. The molecule has 0 bridgehead atoms. The number of hydrogen-bond donors (Lipinski definition) is 0. The van der Waals surface area contributed by atoms with Gasteiger partial charge in [-0.3, -0.25) is 50.6 Å². The summed E-state index contributed by atoms with van der Waals surface area (Å²) < 4.78 is 88.4. The Morgan fingerprint density at radius 2 is 0.570 bits per heavy atom. The highest BCUT2D eigenvalue weighted by Crippen LogP contribution is 2.30. The second-order valence-corrected chi connectivity index (χ2v) is 33.0. The molecule has 0 spiro atoms. The van der Waals surface area contributed by atoms with E-state index in [1.807, 2.05) is 96.4 Å². The Kier molecular flexibility index (Phi) is 47.4. The zero-order valence-corrected chi connectivity index (χ0v) is 79.6. The Morgan fingerprint density at radius 1 is 0.274 bits per heavy atom. The molecule has 2 aliphatic rings. The maximum atomic E-state index is 13.6. The summed E-state index contributed by atoms with van der Waals surface area (Å²) in [5.74, 6) is 1.34. The Morgan fingerprint density at radius 3 is 0.911 bits per heavy atom. The zero-order chi connectivity index (χ0) is 100.0. The van der Waals surface area contributed by atoms with Crippen LogP contribution in [-0.2, 0) is 9.47 Å². The third-order valence-electron chi connectivity index (χ3n) is 20.7. The van der Waals surface area contributed by atoms with Crippen molar-refractivity contribution < 1.29 is 60.4 Å². The lowest BCUT2D eigenvalue weighted by Crippen LogP contribution is -2.27. The number of fused-ring (bicyclic) bond motifs is 3. The number of aromatic nitrogens is 2. The molecule has 17 rings (SSSR count). The number of hydrogen-bond acceptors (Lipinski definition) is 14. The fourth-order valence-electron chi connectivity index (χ4n) is 12.4. The maximum Gasteiger partial charge on any atom is 0.269 e. The van der Waals surface area contributed by atoms with Gasteiger partial charge < -0.3 is 9.47 Å². The molecule has 2 fully saturated rings. The Labute approximate surface area is 786 Å². The van der Waals surface area contributed by atoms with Gasteiger partial charge in [0.2, 0.25) is 0 Å². The van der Waals surface area contributed by atoms with E-state index in [1.165, 1.54) is 157 Å². The van der Waals surface area contributed by atoms with E-state index < -0.39 is 47.9 Å². The number of non-ortho nitro benzene ring substituents is 5. The second-order valence-electron chi connectivity index (χ2n) is 33.0. The first kappa shape index (κ1) is 111. The van der Waals surface area contributed by atoms with Crippen LogP contribution in [0.15, 0.2) is 298 Å². The quantitative estimate of drug-likeness (QED) is 0.0852. The summed E-state index contributed by atoms with van der Waals surface area (Å²) in [6.07, 6.45) is 9.53. The second kappa shape index (κ2) is 57.7. The largest absolute Gasteiger partial charge is 0.353 e. The van der Waals surface area contributed by atoms with Gasteiger partial charge >= 0.3 is 0 Å². The van der Waals surface area contributed by atoms with E-state index >= 15 is 0 Å². The monoisotopic (exact) mass is 1840 g/mol. The lowest BCUT2D eigenvalue weighted by molar-refractivity contribution is -0.385. The fourth-order valence-corrected chi connectivity index (χ4v) is 12.4. The smallest absolute Gasteiger partial charge is 0.269 e. The van der Waals surface area contributed by atoms with Crippen LogP contribution in [0.25, 0.3) is 43.4 Å². The first-order valence-corrected chi connectivity index (χ1v) is 43.7. The van der Waals surface area contributed by atoms with E-state index in [1.54, 1.807) is 118 Å². The third kappa shape index (κ3) is 41.4. The topological polar surface area (TPSA) is 260 Å².